The second-order valence-corrected chi connectivity index (χ2v) is 4.63. The van der Waals surface area contributed by atoms with Gasteiger partial charge in [-0.05, 0) is 19.8 Å². The minimum Gasteiger partial charge on any atom is -0.450 e. The van der Waals surface area contributed by atoms with E-state index in [2.05, 4.69) is 0 Å². The zero-order valence-electron chi connectivity index (χ0n) is 10.8. The molecule has 0 spiro atoms. The molecule has 19 heavy (non-hydrogen) atoms. The highest BCUT2D eigenvalue weighted by Gasteiger charge is 2.45. The number of halogens is 1. The van der Waals surface area contributed by atoms with Crippen LogP contribution in [0.25, 0.3) is 0 Å². The number of nitrogens with one attached hydrogen (secondary N) is 1. The van der Waals surface area contributed by atoms with Crippen LogP contribution < -0.4 is 11.3 Å². The highest BCUT2D eigenvalue weighted by atomic mass is 35.5. The normalized spacial score (nSPS) is 28.3. The van der Waals surface area contributed by atoms with E-state index in [-0.39, 0.29) is 36.7 Å². The molecule has 2 amide bonds. The summed E-state index contributed by atoms with van der Waals surface area (Å²) in [5.74, 6) is 4.98. The number of amides is 2. The van der Waals surface area contributed by atoms with Crippen LogP contribution >= 0.6 is 12.4 Å². The minimum absolute atomic E-state index is 0. The van der Waals surface area contributed by atoms with E-state index in [0.29, 0.717) is 19.4 Å². The van der Waals surface area contributed by atoms with Crippen LogP contribution in [0, 0.1) is 0 Å². The van der Waals surface area contributed by atoms with Gasteiger partial charge in [-0.15, -0.1) is 12.4 Å². The Kier molecular flexibility index (Phi) is 5.68. The lowest BCUT2D eigenvalue weighted by Crippen LogP contribution is -2.49. The molecule has 8 heteroatoms. The lowest BCUT2D eigenvalue weighted by atomic mass is 10.0. The SMILES string of the molecule is CCOC(=O)N1C2CCC1CC(OC(=O)NN)C2.Cl. The largest absolute Gasteiger partial charge is 0.450 e. The highest BCUT2D eigenvalue weighted by molar-refractivity contribution is 5.85. The molecule has 7 nitrogen and oxygen atoms in total. The van der Waals surface area contributed by atoms with Gasteiger partial charge in [-0.3, -0.25) is 5.43 Å². The fourth-order valence-electron chi connectivity index (χ4n) is 2.90. The molecule has 0 aromatic rings. The molecule has 0 aliphatic carbocycles. The highest BCUT2D eigenvalue weighted by Crippen LogP contribution is 2.37. The Balaban J connectivity index is 0.00000180. The Morgan fingerprint density at radius 2 is 1.89 bits per heavy atom. The number of carbonyl (C=O) groups is 2. The predicted molar refractivity (Wildman–Crippen MR) is 69.7 cm³/mol. The third kappa shape index (κ3) is 3.42. The van der Waals surface area contributed by atoms with Crippen molar-refractivity contribution >= 4 is 24.6 Å². The number of hydrazine groups is 1. The number of nitrogens with two attached hydrogens (primary N) is 1. The molecule has 3 N–H and O–H groups in total. The summed E-state index contributed by atoms with van der Waals surface area (Å²) in [4.78, 5) is 24.7. The Labute approximate surface area is 118 Å². The Hall–Kier alpha value is -1.21. The Bertz CT molecular complexity index is 328. The molecule has 0 radical (unpaired) electrons. The molecule has 0 aromatic carbocycles. The molecule has 2 rings (SSSR count). The topological polar surface area (TPSA) is 93.9 Å². The van der Waals surface area contributed by atoms with E-state index in [0.717, 1.165) is 12.8 Å². The van der Waals surface area contributed by atoms with Crippen molar-refractivity contribution in [3.8, 4) is 0 Å². The zero-order valence-corrected chi connectivity index (χ0v) is 11.6. The third-order valence-corrected chi connectivity index (χ3v) is 3.56. The summed E-state index contributed by atoms with van der Waals surface area (Å²) in [6.45, 7) is 2.17. The molecule has 2 bridgehead atoms. The minimum atomic E-state index is -0.621. The lowest BCUT2D eigenvalue weighted by Gasteiger charge is -2.37. The van der Waals surface area contributed by atoms with Crippen LogP contribution in [-0.2, 0) is 9.47 Å². The first-order valence-corrected chi connectivity index (χ1v) is 6.28. The quantitative estimate of drug-likeness (QED) is 0.453. The van der Waals surface area contributed by atoms with Crippen LogP contribution in [0.5, 0.6) is 0 Å². The fraction of sp³-hybridized carbons (Fsp3) is 0.818. The van der Waals surface area contributed by atoms with Crippen LogP contribution in [0.15, 0.2) is 0 Å². The number of hydrogen-bond donors (Lipinski definition) is 2. The van der Waals surface area contributed by atoms with E-state index in [1.807, 2.05) is 5.43 Å². The smallest absolute Gasteiger partial charge is 0.421 e. The van der Waals surface area contributed by atoms with Crippen LogP contribution in [0.4, 0.5) is 9.59 Å². The monoisotopic (exact) mass is 293 g/mol. The predicted octanol–water partition coefficient (Wildman–Crippen LogP) is 1.16. The molecule has 2 heterocycles. The fourth-order valence-corrected chi connectivity index (χ4v) is 2.90. The number of fused-ring (bicyclic) bond motifs is 2. The summed E-state index contributed by atoms with van der Waals surface area (Å²) in [5, 5.41) is 0. The molecule has 2 fully saturated rings. The number of carbonyl (C=O) groups excluding carboxylic acids is 2. The molecular formula is C11H20ClN3O4. The number of nitrogens with zero attached hydrogens (tertiary/aromatic N) is 1. The van der Waals surface area contributed by atoms with Crippen LogP contribution in [0.2, 0.25) is 0 Å². The van der Waals surface area contributed by atoms with Crippen LogP contribution in [0.1, 0.15) is 32.6 Å². The van der Waals surface area contributed by atoms with Crippen molar-refractivity contribution in [3.05, 3.63) is 0 Å². The molecule has 0 aromatic heterocycles. The van der Waals surface area contributed by atoms with E-state index in [1.54, 1.807) is 11.8 Å². The molecule has 110 valence electrons. The summed E-state index contributed by atoms with van der Waals surface area (Å²) in [6, 6.07) is 0.219. The lowest BCUT2D eigenvalue weighted by molar-refractivity contribution is 0.0142. The molecule has 2 unspecified atom stereocenters. The number of hydrogen-bond acceptors (Lipinski definition) is 5. The first-order chi connectivity index (χ1) is 8.65. The molecule has 0 saturated carbocycles. The van der Waals surface area contributed by atoms with Gasteiger partial charge in [0.2, 0.25) is 0 Å². The van der Waals surface area contributed by atoms with Crippen molar-refractivity contribution in [3.63, 3.8) is 0 Å². The first-order valence-electron chi connectivity index (χ1n) is 6.28. The Morgan fingerprint density at radius 3 is 2.37 bits per heavy atom. The summed E-state index contributed by atoms with van der Waals surface area (Å²) < 4.78 is 10.2. The van der Waals surface area contributed by atoms with Gasteiger partial charge in [-0.25, -0.2) is 15.4 Å². The summed E-state index contributed by atoms with van der Waals surface area (Å²) in [7, 11) is 0. The maximum Gasteiger partial charge on any atom is 0.421 e. The van der Waals surface area contributed by atoms with Gasteiger partial charge in [0.1, 0.15) is 6.10 Å². The number of piperidine rings is 1. The standard InChI is InChI=1S/C11H19N3O4.ClH/c1-2-17-11(16)14-7-3-4-8(14)6-9(5-7)18-10(15)13-12;/h7-9H,2-6,12H2,1H3,(H,13,15);1H. The maximum absolute atomic E-state index is 11.8. The van der Waals surface area contributed by atoms with Crippen molar-refractivity contribution in [2.75, 3.05) is 6.61 Å². The summed E-state index contributed by atoms with van der Waals surface area (Å²) in [6.07, 6.45) is 2.14. The van der Waals surface area contributed by atoms with Gasteiger partial charge in [-0.1, -0.05) is 0 Å². The van der Waals surface area contributed by atoms with Gasteiger partial charge in [0.15, 0.2) is 0 Å². The molecule has 2 saturated heterocycles. The average Bonchev–Trinajstić information content (AvgIpc) is 2.61. The second-order valence-electron chi connectivity index (χ2n) is 4.63. The second kappa shape index (κ2) is 6.81. The average molecular weight is 294 g/mol. The molecule has 2 aliphatic heterocycles. The van der Waals surface area contributed by atoms with E-state index in [9.17, 15) is 9.59 Å². The van der Waals surface area contributed by atoms with Crippen molar-refractivity contribution in [2.45, 2.75) is 50.8 Å². The van der Waals surface area contributed by atoms with E-state index in [4.69, 9.17) is 15.3 Å². The van der Waals surface area contributed by atoms with Crippen LogP contribution in [-0.4, -0.2) is 41.9 Å². The van der Waals surface area contributed by atoms with Crippen molar-refractivity contribution in [2.24, 2.45) is 5.84 Å². The van der Waals surface area contributed by atoms with Crippen molar-refractivity contribution in [1.29, 1.82) is 0 Å². The molecule has 2 aliphatic rings. The zero-order chi connectivity index (χ0) is 13.1. The Morgan fingerprint density at radius 1 is 1.32 bits per heavy atom. The van der Waals surface area contributed by atoms with Crippen molar-refractivity contribution in [1.82, 2.24) is 10.3 Å². The number of ether oxygens (including phenoxy) is 2. The van der Waals surface area contributed by atoms with Gasteiger partial charge >= 0.3 is 12.2 Å². The van der Waals surface area contributed by atoms with Gasteiger partial charge in [0.05, 0.1) is 6.61 Å². The first kappa shape index (κ1) is 15.8. The van der Waals surface area contributed by atoms with E-state index >= 15 is 0 Å². The van der Waals surface area contributed by atoms with E-state index in [1.165, 1.54) is 0 Å². The van der Waals surface area contributed by atoms with E-state index < -0.39 is 6.09 Å². The maximum atomic E-state index is 11.8. The van der Waals surface area contributed by atoms with Crippen LogP contribution in [0.3, 0.4) is 0 Å². The summed E-state index contributed by atoms with van der Waals surface area (Å²) in [5.41, 5.74) is 1.95. The van der Waals surface area contributed by atoms with Gasteiger partial charge in [0.25, 0.3) is 0 Å². The van der Waals surface area contributed by atoms with Gasteiger partial charge in [-0.2, -0.15) is 0 Å². The van der Waals surface area contributed by atoms with Gasteiger partial charge < -0.3 is 14.4 Å². The molecule has 2 atom stereocenters. The summed E-state index contributed by atoms with van der Waals surface area (Å²) >= 11 is 0. The third-order valence-electron chi connectivity index (χ3n) is 3.56. The number of rotatable bonds is 2. The van der Waals surface area contributed by atoms with Crippen molar-refractivity contribution < 1.29 is 19.1 Å². The molecular weight excluding hydrogens is 274 g/mol. The van der Waals surface area contributed by atoms with Gasteiger partial charge in [0, 0.05) is 24.9 Å².